The van der Waals surface area contributed by atoms with E-state index in [1.165, 1.54) is 0 Å². The number of nitrogens with zero attached hydrogens (tertiary/aromatic N) is 1. The Bertz CT molecular complexity index is 685. The zero-order valence-electron chi connectivity index (χ0n) is 16.7. The fraction of sp³-hybridized carbons (Fsp3) is 0.625. The zero-order chi connectivity index (χ0) is 24.0. The molecule has 3 atom stereocenters. The Kier molecular flexibility index (Phi) is 13.4. The molecule has 31 heavy (non-hydrogen) atoms. The van der Waals surface area contributed by atoms with Crippen LogP contribution < -0.4 is 33.2 Å². The molecule has 0 aliphatic rings. The number of carboxylic acids is 2. The quantitative estimate of drug-likeness (QED) is 0.0497. The third-order valence-electron chi connectivity index (χ3n) is 3.81. The molecule has 3 unspecified atom stereocenters. The molecular weight excluding hydrogens is 434 g/mol. The van der Waals surface area contributed by atoms with E-state index in [1.54, 1.807) is 0 Å². The standard InChI is InChI=1S/C16H29N7O7S/c17-8(2-1-5-20-16(18)19)13(28)22-9(3-4-11(24)25)15(30)23-10(7-31)14(29)21-6-12(26)27/h8-10,31H,1-7,17H2,(H,21,29)(H,22,28)(H,23,30)(H,24,25)(H,26,27)(H4,18,19,20). The number of guanidine groups is 1. The number of rotatable bonds is 15. The van der Waals surface area contributed by atoms with Gasteiger partial charge in [0.1, 0.15) is 18.6 Å². The second-order valence-corrected chi connectivity index (χ2v) is 6.77. The molecule has 0 heterocycles. The Balaban J connectivity index is 5.01. The molecule has 15 heteroatoms. The van der Waals surface area contributed by atoms with Crippen LogP contribution in [0.5, 0.6) is 0 Å². The van der Waals surface area contributed by atoms with Gasteiger partial charge < -0.3 is 43.4 Å². The molecule has 0 aromatic rings. The van der Waals surface area contributed by atoms with Gasteiger partial charge in [0.05, 0.1) is 6.04 Å². The Morgan fingerprint density at radius 1 is 0.903 bits per heavy atom. The Labute approximate surface area is 183 Å². The number of thiol groups is 1. The third kappa shape index (κ3) is 13.0. The lowest BCUT2D eigenvalue weighted by Crippen LogP contribution is -2.56. The van der Waals surface area contributed by atoms with E-state index in [4.69, 9.17) is 27.4 Å². The number of hydrogen-bond acceptors (Lipinski definition) is 8. The maximum absolute atomic E-state index is 12.5. The van der Waals surface area contributed by atoms with Crippen molar-refractivity contribution in [2.45, 2.75) is 43.8 Å². The van der Waals surface area contributed by atoms with Crippen molar-refractivity contribution in [2.24, 2.45) is 22.2 Å². The Hall–Kier alpha value is -3.07. The molecule has 0 aromatic carbocycles. The lowest BCUT2D eigenvalue weighted by Gasteiger charge is -2.23. The molecular formula is C16H29N7O7S. The van der Waals surface area contributed by atoms with Crippen LogP contribution in [0, 0.1) is 0 Å². The number of aliphatic imine (C=N–C) groups is 1. The van der Waals surface area contributed by atoms with Gasteiger partial charge in [0.2, 0.25) is 17.7 Å². The molecule has 0 rings (SSSR count). The summed E-state index contributed by atoms with van der Waals surface area (Å²) in [4.78, 5) is 62.0. The van der Waals surface area contributed by atoms with Crippen LogP contribution in [0.25, 0.3) is 0 Å². The lowest BCUT2D eigenvalue weighted by molar-refractivity contribution is -0.138. The van der Waals surface area contributed by atoms with Gasteiger partial charge in [-0.2, -0.15) is 12.6 Å². The minimum atomic E-state index is -1.29. The van der Waals surface area contributed by atoms with Gasteiger partial charge in [-0.05, 0) is 19.3 Å². The van der Waals surface area contributed by atoms with E-state index in [0.29, 0.717) is 6.42 Å². The summed E-state index contributed by atoms with van der Waals surface area (Å²) in [5.41, 5.74) is 16.2. The van der Waals surface area contributed by atoms with Crippen molar-refractivity contribution < 1.29 is 34.2 Å². The van der Waals surface area contributed by atoms with E-state index >= 15 is 0 Å². The highest BCUT2D eigenvalue weighted by Gasteiger charge is 2.28. The van der Waals surface area contributed by atoms with Crippen LogP contribution in [0.2, 0.25) is 0 Å². The van der Waals surface area contributed by atoms with Crippen LogP contribution in [-0.2, 0) is 24.0 Å². The highest BCUT2D eigenvalue weighted by atomic mass is 32.1. The van der Waals surface area contributed by atoms with E-state index in [0.717, 1.165) is 0 Å². The van der Waals surface area contributed by atoms with Crippen molar-refractivity contribution in [3.63, 3.8) is 0 Å². The van der Waals surface area contributed by atoms with E-state index in [-0.39, 0.29) is 31.1 Å². The van der Waals surface area contributed by atoms with Crippen molar-refractivity contribution in [1.82, 2.24) is 16.0 Å². The van der Waals surface area contributed by atoms with Crippen molar-refractivity contribution >= 4 is 48.2 Å². The largest absolute Gasteiger partial charge is 0.481 e. The maximum Gasteiger partial charge on any atom is 0.322 e. The van der Waals surface area contributed by atoms with Crippen LogP contribution in [0.1, 0.15) is 25.7 Å². The fourth-order valence-electron chi connectivity index (χ4n) is 2.22. The summed E-state index contributed by atoms with van der Waals surface area (Å²) in [5, 5.41) is 24.3. The van der Waals surface area contributed by atoms with Gasteiger partial charge >= 0.3 is 11.9 Å². The molecule has 14 nitrogen and oxygen atoms in total. The Morgan fingerprint density at radius 3 is 2.03 bits per heavy atom. The van der Waals surface area contributed by atoms with Crippen LogP contribution in [0.3, 0.4) is 0 Å². The van der Waals surface area contributed by atoms with Crippen LogP contribution in [0.15, 0.2) is 4.99 Å². The number of hydrogen-bond donors (Lipinski definition) is 9. The second-order valence-electron chi connectivity index (χ2n) is 6.40. The SMILES string of the molecule is NC(N)=NCCCC(N)C(=O)NC(CCC(=O)O)C(=O)NC(CS)C(=O)NCC(=O)O. The summed E-state index contributed by atoms with van der Waals surface area (Å²) >= 11 is 3.94. The molecule has 0 radical (unpaired) electrons. The number of aliphatic carboxylic acids is 2. The number of carboxylic acid groups (broad SMARTS) is 2. The molecule has 0 bridgehead atoms. The van der Waals surface area contributed by atoms with Crippen molar-refractivity contribution in [1.29, 1.82) is 0 Å². The van der Waals surface area contributed by atoms with Crippen LogP contribution in [0.4, 0.5) is 0 Å². The minimum Gasteiger partial charge on any atom is -0.481 e. The maximum atomic E-state index is 12.5. The first-order valence-electron chi connectivity index (χ1n) is 9.21. The number of nitrogens with one attached hydrogen (secondary N) is 3. The fourth-order valence-corrected chi connectivity index (χ4v) is 2.48. The van der Waals surface area contributed by atoms with Gasteiger partial charge in [-0.1, -0.05) is 0 Å². The number of carbonyl (C=O) groups excluding carboxylic acids is 3. The number of nitrogens with two attached hydrogens (primary N) is 3. The van der Waals surface area contributed by atoms with Gasteiger partial charge in [-0.3, -0.25) is 29.0 Å². The molecule has 0 saturated heterocycles. The van der Waals surface area contributed by atoms with Crippen LogP contribution in [-0.4, -0.2) is 82.8 Å². The summed E-state index contributed by atoms with van der Waals surface area (Å²) in [7, 11) is 0. The first kappa shape index (κ1) is 27.9. The van der Waals surface area contributed by atoms with Gasteiger partial charge in [-0.15, -0.1) is 0 Å². The highest BCUT2D eigenvalue weighted by Crippen LogP contribution is 2.03. The molecule has 0 spiro atoms. The number of amides is 3. The predicted octanol–water partition coefficient (Wildman–Crippen LogP) is -3.67. The minimum absolute atomic E-state index is 0.102. The normalized spacial score (nSPS) is 13.2. The van der Waals surface area contributed by atoms with Crippen molar-refractivity contribution in [3.8, 4) is 0 Å². The van der Waals surface area contributed by atoms with Gasteiger partial charge in [-0.25, -0.2) is 0 Å². The van der Waals surface area contributed by atoms with Gasteiger partial charge in [0.25, 0.3) is 0 Å². The zero-order valence-corrected chi connectivity index (χ0v) is 17.6. The molecule has 176 valence electrons. The monoisotopic (exact) mass is 463 g/mol. The van der Waals surface area contributed by atoms with Crippen LogP contribution >= 0.6 is 12.6 Å². The van der Waals surface area contributed by atoms with E-state index in [1.807, 2.05) is 0 Å². The highest BCUT2D eigenvalue weighted by molar-refractivity contribution is 7.80. The first-order valence-corrected chi connectivity index (χ1v) is 9.85. The summed E-state index contributed by atoms with van der Waals surface area (Å²) in [6, 6.07) is -3.50. The summed E-state index contributed by atoms with van der Waals surface area (Å²) in [6.45, 7) is -0.409. The number of carbonyl (C=O) groups is 5. The average Bonchev–Trinajstić information content (AvgIpc) is 2.69. The average molecular weight is 464 g/mol. The molecule has 0 aliphatic heterocycles. The third-order valence-corrected chi connectivity index (χ3v) is 4.18. The van der Waals surface area contributed by atoms with E-state index < -0.39 is 60.8 Å². The molecule has 0 saturated carbocycles. The lowest BCUT2D eigenvalue weighted by atomic mass is 10.1. The van der Waals surface area contributed by atoms with Crippen molar-refractivity contribution in [3.05, 3.63) is 0 Å². The Morgan fingerprint density at radius 2 is 1.52 bits per heavy atom. The summed E-state index contributed by atoms with van der Waals surface area (Å²) in [5.74, 6) is -5.09. The van der Waals surface area contributed by atoms with Gasteiger partial charge in [0.15, 0.2) is 5.96 Å². The molecule has 0 aliphatic carbocycles. The van der Waals surface area contributed by atoms with Crippen molar-refractivity contribution in [2.75, 3.05) is 18.8 Å². The molecule has 11 N–H and O–H groups in total. The first-order chi connectivity index (χ1) is 14.5. The van der Waals surface area contributed by atoms with E-state index in [9.17, 15) is 24.0 Å². The smallest absolute Gasteiger partial charge is 0.322 e. The molecule has 0 aromatic heterocycles. The summed E-state index contributed by atoms with van der Waals surface area (Å²) in [6.07, 6.45) is -0.102. The topological polar surface area (TPSA) is 252 Å². The van der Waals surface area contributed by atoms with Gasteiger partial charge in [0, 0.05) is 18.7 Å². The second kappa shape index (κ2) is 14.8. The molecule has 0 fully saturated rings. The summed E-state index contributed by atoms with van der Waals surface area (Å²) < 4.78 is 0. The molecule has 3 amide bonds. The van der Waals surface area contributed by atoms with E-state index in [2.05, 4.69) is 33.6 Å². The predicted molar refractivity (Wildman–Crippen MR) is 113 cm³/mol.